The molecule has 0 aliphatic heterocycles. The van der Waals surface area contributed by atoms with Crippen molar-refractivity contribution in [2.24, 2.45) is 0 Å². The van der Waals surface area contributed by atoms with Crippen molar-refractivity contribution >= 4 is 18.0 Å². The third-order valence-corrected chi connectivity index (χ3v) is 4.78. The van der Waals surface area contributed by atoms with E-state index in [2.05, 4.69) is 17.7 Å². The Kier molecular flexibility index (Phi) is 17.8. The zero-order valence-corrected chi connectivity index (χ0v) is 23.1. The molecule has 1 aromatic carbocycles. The molecule has 1 rings (SSSR count). The van der Waals surface area contributed by atoms with Gasteiger partial charge >= 0.3 is 12.1 Å². The number of unbranched alkanes of at least 4 members (excludes halogenated alkanes) is 1. The predicted octanol–water partition coefficient (Wildman–Crippen LogP) is 3.30. The summed E-state index contributed by atoms with van der Waals surface area (Å²) in [4.78, 5) is 42.2. The Hall–Kier alpha value is -2.73. The molecule has 0 heterocycles. The molecule has 1 aromatic rings. The van der Waals surface area contributed by atoms with E-state index in [0.29, 0.717) is 26.4 Å². The Labute approximate surface area is 225 Å². The van der Waals surface area contributed by atoms with Crippen molar-refractivity contribution in [1.29, 1.82) is 0 Å². The average Bonchev–Trinajstić information content (AvgIpc) is 2.87. The number of amides is 2. The maximum Gasteiger partial charge on any atom is 0.408 e. The van der Waals surface area contributed by atoms with Gasteiger partial charge in [-0.2, -0.15) is 0 Å². The van der Waals surface area contributed by atoms with Crippen molar-refractivity contribution in [1.82, 2.24) is 10.8 Å². The van der Waals surface area contributed by atoms with Crippen LogP contribution < -0.4 is 10.8 Å². The molecular weight excluding hydrogens is 496 g/mol. The number of nitrogens with one attached hydrogen (secondary N) is 2. The average molecular weight is 541 g/mol. The van der Waals surface area contributed by atoms with E-state index in [9.17, 15) is 14.4 Å². The van der Waals surface area contributed by atoms with Gasteiger partial charge in [-0.05, 0) is 39.2 Å². The van der Waals surface area contributed by atoms with Gasteiger partial charge in [0, 0.05) is 13.0 Å². The maximum absolute atomic E-state index is 12.6. The van der Waals surface area contributed by atoms with E-state index in [0.717, 1.165) is 25.0 Å². The number of carbonyl (C=O) groups excluding carboxylic acids is 3. The van der Waals surface area contributed by atoms with Crippen LogP contribution >= 0.6 is 0 Å². The second-order valence-corrected chi connectivity index (χ2v) is 9.39. The lowest BCUT2D eigenvalue weighted by atomic mass is 10.1. The molecule has 0 aliphatic carbocycles. The molecule has 38 heavy (non-hydrogen) atoms. The highest BCUT2D eigenvalue weighted by atomic mass is 16.7. The Morgan fingerprint density at radius 1 is 0.868 bits per heavy atom. The van der Waals surface area contributed by atoms with Crippen LogP contribution in [0.2, 0.25) is 0 Å². The first-order valence-corrected chi connectivity index (χ1v) is 13.0. The SMILES string of the molecule is CCCCOCCOCCOCCONC(=O)[C@H](CCC(=O)OCc1ccccc1)NC(=O)OC(C)(C)C. The van der Waals surface area contributed by atoms with Crippen LogP contribution in [0.4, 0.5) is 4.79 Å². The van der Waals surface area contributed by atoms with Crippen LogP contribution in [0.3, 0.4) is 0 Å². The fourth-order valence-electron chi connectivity index (χ4n) is 2.87. The Balaban J connectivity index is 2.32. The molecule has 0 radical (unpaired) electrons. The van der Waals surface area contributed by atoms with Gasteiger partial charge in [-0.3, -0.25) is 14.4 Å². The lowest BCUT2D eigenvalue weighted by Crippen LogP contribution is -2.48. The molecule has 1 atom stereocenters. The number of hydrogen-bond acceptors (Lipinski definition) is 9. The van der Waals surface area contributed by atoms with Crippen LogP contribution in [0.15, 0.2) is 30.3 Å². The van der Waals surface area contributed by atoms with Crippen molar-refractivity contribution in [2.75, 3.05) is 46.2 Å². The van der Waals surface area contributed by atoms with E-state index >= 15 is 0 Å². The van der Waals surface area contributed by atoms with Crippen LogP contribution in [0.5, 0.6) is 0 Å². The highest BCUT2D eigenvalue weighted by Gasteiger charge is 2.25. The molecule has 0 aliphatic rings. The van der Waals surface area contributed by atoms with Gasteiger partial charge in [0.15, 0.2) is 0 Å². The van der Waals surface area contributed by atoms with E-state index in [1.165, 1.54) is 0 Å². The van der Waals surface area contributed by atoms with Gasteiger partial charge in [0.1, 0.15) is 18.2 Å². The van der Waals surface area contributed by atoms with E-state index in [-0.39, 0.29) is 32.7 Å². The molecular formula is C27H44N2O9. The Morgan fingerprint density at radius 3 is 2.08 bits per heavy atom. The molecule has 2 amide bonds. The molecule has 0 bridgehead atoms. The fraction of sp³-hybridized carbons (Fsp3) is 0.667. The van der Waals surface area contributed by atoms with E-state index in [1.807, 2.05) is 30.3 Å². The highest BCUT2D eigenvalue weighted by molar-refractivity contribution is 5.85. The van der Waals surface area contributed by atoms with Crippen molar-refractivity contribution in [3.63, 3.8) is 0 Å². The first-order chi connectivity index (χ1) is 18.2. The minimum absolute atomic E-state index is 0.00193. The number of hydroxylamine groups is 1. The number of benzene rings is 1. The smallest absolute Gasteiger partial charge is 0.408 e. The molecule has 216 valence electrons. The normalized spacial score (nSPS) is 12.0. The van der Waals surface area contributed by atoms with E-state index < -0.39 is 29.6 Å². The minimum Gasteiger partial charge on any atom is -0.461 e. The molecule has 2 N–H and O–H groups in total. The standard InChI is InChI=1S/C27H44N2O9/c1-5-6-14-33-15-16-34-17-18-35-19-20-37-29-25(31)23(28-26(32)38-27(2,3)4)12-13-24(30)36-21-22-10-8-7-9-11-22/h7-11,23H,5-6,12-21H2,1-4H3,(H,28,32)(H,29,31)/t23-/m0/s1. The third-order valence-electron chi connectivity index (χ3n) is 4.78. The molecule has 0 saturated carbocycles. The molecule has 11 nitrogen and oxygen atoms in total. The fourth-order valence-corrected chi connectivity index (χ4v) is 2.87. The summed E-state index contributed by atoms with van der Waals surface area (Å²) in [5, 5.41) is 2.48. The number of alkyl carbamates (subject to hydrolysis) is 1. The molecule has 0 spiro atoms. The zero-order valence-electron chi connectivity index (χ0n) is 23.1. The number of rotatable bonds is 20. The van der Waals surface area contributed by atoms with Gasteiger partial charge < -0.3 is 29.0 Å². The van der Waals surface area contributed by atoms with Crippen LogP contribution in [0, 0.1) is 0 Å². The summed E-state index contributed by atoms with van der Waals surface area (Å²) in [5.41, 5.74) is 2.38. The van der Waals surface area contributed by atoms with Gasteiger partial charge in [-0.25, -0.2) is 10.3 Å². The Morgan fingerprint density at radius 2 is 1.47 bits per heavy atom. The van der Waals surface area contributed by atoms with Gasteiger partial charge in [-0.1, -0.05) is 43.7 Å². The quantitative estimate of drug-likeness (QED) is 0.145. The van der Waals surface area contributed by atoms with Crippen LogP contribution in [-0.4, -0.2) is 75.9 Å². The summed E-state index contributed by atoms with van der Waals surface area (Å²) in [6, 6.07) is 8.17. The molecule has 0 aromatic heterocycles. The summed E-state index contributed by atoms with van der Waals surface area (Å²) in [7, 11) is 0. The first kappa shape index (κ1) is 33.3. The van der Waals surface area contributed by atoms with Crippen LogP contribution in [0.1, 0.15) is 58.9 Å². The molecule has 0 saturated heterocycles. The van der Waals surface area contributed by atoms with Gasteiger partial charge in [0.05, 0.1) is 39.6 Å². The predicted molar refractivity (Wildman–Crippen MR) is 140 cm³/mol. The maximum atomic E-state index is 12.6. The van der Waals surface area contributed by atoms with Crippen LogP contribution in [0.25, 0.3) is 0 Å². The van der Waals surface area contributed by atoms with Gasteiger partial charge in [0.2, 0.25) is 0 Å². The van der Waals surface area contributed by atoms with Crippen molar-refractivity contribution in [3.05, 3.63) is 35.9 Å². The summed E-state index contributed by atoms with van der Waals surface area (Å²) >= 11 is 0. The van der Waals surface area contributed by atoms with Gasteiger partial charge in [-0.15, -0.1) is 0 Å². The highest BCUT2D eigenvalue weighted by Crippen LogP contribution is 2.09. The third kappa shape index (κ3) is 18.5. The van der Waals surface area contributed by atoms with Crippen molar-refractivity contribution < 1.29 is 42.9 Å². The van der Waals surface area contributed by atoms with Crippen LogP contribution in [-0.2, 0) is 44.7 Å². The number of esters is 1. The van der Waals surface area contributed by atoms with Crippen molar-refractivity contribution in [3.8, 4) is 0 Å². The molecule has 0 fully saturated rings. The second-order valence-electron chi connectivity index (χ2n) is 9.39. The lowest BCUT2D eigenvalue weighted by Gasteiger charge is -2.23. The van der Waals surface area contributed by atoms with E-state index in [4.69, 9.17) is 28.5 Å². The minimum atomic E-state index is -1.07. The summed E-state index contributed by atoms with van der Waals surface area (Å²) in [5.74, 6) is -1.13. The first-order valence-electron chi connectivity index (χ1n) is 13.0. The van der Waals surface area contributed by atoms with E-state index in [1.54, 1.807) is 20.8 Å². The van der Waals surface area contributed by atoms with Crippen molar-refractivity contribution in [2.45, 2.75) is 71.6 Å². The number of ether oxygens (including phenoxy) is 5. The Bertz CT molecular complexity index is 785. The second kappa shape index (κ2) is 20.3. The topological polar surface area (TPSA) is 131 Å². The summed E-state index contributed by atoms with van der Waals surface area (Å²) in [6.45, 7) is 10.3. The number of hydrogen-bond donors (Lipinski definition) is 2. The largest absolute Gasteiger partial charge is 0.461 e. The summed E-state index contributed by atoms with van der Waals surface area (Å²) in [6.07, 6.45) is 1.26. The molecule has 0 unspecified atom stereocenters. The molecule has 11 heteroatoms. The lowest BCUT2D eigenvalue weighted by molar-refractivity contribution is -0.145. The summed E-state index contributed by atoms with van der Waals surface area (Å²) < 4.78 is 26.7. The zero-order chi connectivity index (χ0) is 28.1. The van der Waals surface area contributed by atoms with Gasteiger partial charge in [0.25, 0.3) is 5.91 Å². The monoisotopic (exact) mass is 540 g/mol. The number of carbonyl (C=O) groups is 3.